The van der Waals surface area contributed by atoms with Gasteiger partial charge in [0, 0.05) is 24.9 Å². The van der Waals surface area contributed by atoms with Gasteiger partial charge in [-0.2, -0.15) is 0 Å². The molecule has 4 rings (SSSR count). The number of hydrogen-bond acceptors (Lipinski definition) is 5. The monoisotopic (exact) mass is 457 g/mol. The Bertz CT molecular complexity index is 878. The van der Waals surface area contributed by atoms with E-state index in [1.807, 2.05) is 37.3 Å². The first-order valence-electron chi connectivity index (χ1n) is 12.2. The third-order valence-corrected chi connectivity index (χ3v) is 7.31. The maximum Gasteiger partial charge on any atom is 0.246 e. The van der Waals surface area contributed by atoms with Crippen molar-refractivity contribution in [2.45, 2.75) is 76.2 Å². The molecule has 6 atom stereocenters. The normalized spacial score (nSPS) is 30.9. The number of carbonyl (C=O) groups excluding carboxylic acids is 3. The Kier molecular flexibility index (Phi) is 7.05. The average molecular weight is 458 g/mol. The predicted molar refractivity (Wildman–Crippen MR) is 123 cm³/mol. The molecule has 2 bridgehead atoms. The van der Waals surface area contributed by atoms with Gasteiger partial charge in [-0.15, -0.1) is 0 Å². The first kappa shape index (κ1) is 23.7. The van der Waals surface area contributed by atoms with E-state index in [4.69, 9.17) is 4.74 Å². The molecule has 3 aliphatic rings. The van der Waals surface area contributed by atoms with Gasteiger partial charge in [-0.3, -0.25) is 14.4 Å². The van der Waals surface area contributed by atoms with E-state index in [-0.39, 0.29) is 36.5 Å². The topological polar surface area (TPSA) is 108 Å². The van der Waals surface area contributed by atoms with Crippen LogP contribution in [-0.4, -0.2) is 64.7 Å². The number of anilines is 1. The number of nitrogens with one attached hydrogen (secondary N) is 2. The molecule has 1 spiro atoms. The van der Waals surface area contributed by atoms with Crippen LogP contribution in [0.4, 0.5) is 5.69 Å². The molecule has 3 aliphatic heterocycles. The summed E-state index contributed by atoms with van der Waals surface area (Å²) in [5.41, 5.74) is -0.303. The minimum absolute atomic E-state index is 0.0110. The van der Waals surface area contributed by atoms with E-state index in [9.17, 15) is 19.5 Å². The molecule has 8 nitrogen and oxygen atoms in total. The number of hydrogen-bond donors (Lipinski definition) is 3. The van der Waals surface area contributed by atoms with E-state index in [0.29, 0.717) is 37.9 Å². The van der Waals surface area contributed by atoms with Gasteiger partial charge in [0.2, 0.25) is 17.7 Å². The van der Waals surface area contributed by atoms with Gasteiger partial charge >= 0.3 is 0 Å². The largest absolute Gasteiger partial charge is 0.396 e. The van der Waals surface area contributed by atoms with Crippen LogP contribution in [0.25, 0.3) is 0 Å². The van der Waals surface area contributed by atoms with E-state index in [0.717, 1.165) is 12.8 Å². The number of unbranched alkanes of at least 4 members (excludes halogenated alkanes) is 1. The van der Waals surface area contributed by atoms with Gasteiger partial charge < -0.3 is 25.4 Å². The number of carbonyl (C=O) groups is 3. The molecule has 8 heteroatoms. The van der Waals surface area contributed by atoms with Gasteiger partial charge in [-0.05, 0) is 51.2 Å². The molecule has 0 saturated carbocycles. The molecule has 3 fully saturated rings. The number of ether oxygens (including phenoxy) is 1. The zero-order valence-electron chi connectivity index (χ0n) is 19.5. The molecule has 1 aromatic carbocycles. The van der Waals surface area contributed by atoms with Gasteiger partial charge in [0.15, 0.2) is 0 Å². The third-order valence-electron chi connectivity index (χ3n) is 7.31. The van der Waals surface area contributed by atoms with Crippen LogP contribution in [0.5, 0.6) is 0 Å². The molecule has 3 heterocycles. The number of aliphatic hydroxyl groups is 1. The number of nitrogens with zero attached hydrogens (tertiary/aromatic N) is 1. The zero-order chi connectivity index (χ0) is 23.6. The SMILES string of the molecule is CCCC(C)NC(=O)C1N(CCCCO)C(=O)[C@@H]2[C@@H](C(=O)Nc3ccccc3)[C@H]3CCC12O3. The van der Waals surface area contributed by atoms with Crippen molar-refractivity contribution in [2.75, 3.05) is 18.5 Å². The highest BCUT2D eigenvalue weighted by molar-refractivity contribution is 6.02. The van der Waals surface area contributed by atoms with Gasteiger partial charge in [-0.1, -0.05) is 31.5 Å². The standard InChI is InChI=1S/C25H35N3O5/c1-3-9-16(2)26-23(31)21-25-13-12-18(33-25)19(22(30)27-17-10-5-4-6-11-17)20(25)24(32)28(21)14-7-8-15-29/h4-6,10-11,16,18-21,29H,3,7-9,12-15H2,1-2H3,(H,26,31)(H,27,30)/t16?,18-,19+,20+,21?,25?/m1/s1. The molecule has 180 valence electrons. The van der Waals surface area contributed by atoms with Crippen molar-refractivity contribution in [3.8, 4) is 0 Å². The second-order valence-corrected chi connectivity index (χ2v) is 9.57. The minimum atomic E-state index is -0.977. The summed E-state index contributed by atoms with van der Waals surface area (Å²) in [4.78, 5) is 42.1. The van der Waals surface area contributed by atoms with Gasteiger partial charge in [-0.25, -0.2) is 0 Å². The zero-order valence-corrected chi connectivity index (χ0v) is 19.5. The van der Waals surface area contributed by atoms with Crippen LogP contribution in [0.2, 0.25) is 0 Å². The summed E-state index contributed by atoms with van der Waals surface area (Å²) >= 11 is 0. The lowest BCUT2D eigenvalue weighted by molar-refractivity contribution is -0.141. The summed E-state index contributed by atoms with van der Waals surface area (Å²) in [5.74, 6) is -1.93. The van der Waals surface area contributed by atoms with Crippen molar-refractivity contribution in [2.24, 2.45) is 11.8 Å². The van der Waals surface area contributed by atoms with Gasteiger partial charge in [0.1, 0.15) is 11.6 Å². The quantitative estimate of drug-likeness (QED) is 0.466. The Morgan fingerprint density at radius 2 is 2.00 bits per heavy atom. The Balaban J connectivity index is 1.61. The molecular weight excluding hydrogens is 422 g/mol. The number of benzene rings is 1. The van der Waals surface area contributed by atoms with Crippen molar-refractivity contribution < 1.29 is 24.2 Å². The number of likely N-dealkylation sites (tertiary alicyclic amines) is 1. The van der Waals surface area contributed by atoms with E-state index in [1.54, 1.807) is 4.90 Å². The highest BCUT2D eigenvalue weighted by atomic mass is 16.5. The molecule has 3 unspecified atom stereocenters. The van der Waals surface area contributed by atoms with Crippen LogP contribution < -0.4 is 10.6 Å². The number of para-hydroxylation sites is 1. The Morgan fingerprint density at radius 1 is 1.24 bits per heavy atom. The second-order valence-electron chi connectivity index (χ2n) is 9.57. The van der Waals surface area contributed by atoms with Gasteiger partial charge in [0.05, 0.1) is 17.9 Å². The summed E-state index contributed by atoms with van der Waals surface area (Å²) in [7, 11) is 0. The van der Waals surface area contributed by atoms with Crippen LogP contribution in [-0.2, 0) is 19.1 Å². The molecule has 1 aromatic rings. The molecule has 0 aromatic heterocycles. The van der Waals surface area contributed by atoms with E-state index < -0.39 is 23.5 Å². The van der Waals surface area contributed by atoms with E-state index >= 15 is 0 Å². The third kappa shape index (κ3) is 4.26. The van der Waals surface area contributed by atoms with Crippen LogP contribution in [0.1, 0.15) is 52.4 Å². The van der Waals surface area contributed by atoms with E-state index in [1.165, 1.54) is 0 Å². The fraction of sp³-hybridized carbons (Fsp3) is 0.640. The lowest BCUT2D eigenvalue weighted by atomic mass is 9.70. The lowest BCUT2D eigenvalue weighted by Crippen LogP contribution is -2.56. The van der Waals surface area contributed by atoms with Crippen molar-refractivity contribution >= 4 is 23.4 Å². The maximum atomic E-state index is 13.7. The molecule has 3 amide bonds. The Morgan fingerprint density at radius 3 is 2.70 bits per heavy atom. The predicted octanol–water partition coefficient (Wildman–Crippen LogP) is 2.08. The summed E-state index contributed by atoms with van der Waals surface area (Å²) < 4.78 is 6.40. The van der Waals surface area contributed by atoms with Crippen molar-refractivity contribution in [3.05, 3.63) is 30.3 Å². The summed E-state index contributed by atoms with van der Waals surface area (Å²) in [6, 6.07) is 8.41. The van der Waals surface area contributed by atoms with E-state index in [2.05, 4.69) is 17.6 Å². The molecule has 0 radical (unpaired) electrons. The van der Waals surface area contributed by atoms with Crippen LogP contribution in [0.3, 0.4) is 0 Å². The fourth-order valence-electron chi connectivity index (χ4n) is 5.96. The summed E-state index contributed by atoms with van der Waals surface area (Å²) in [6.45, 7) is 4.42. The lowest BCUT2D eigenvalue weighted by Gasteiger charge is -2.34. The van der Waals surface area contributed by atoms with Gasteiger partial charge in [0.25, 0.3) is 0 Å². The van der Waals surface area contributed by atoms with Crippen LogP contribution in [0, 0.1) is 11.8 Å². The van der Waals surface area contributed by atoms with Crippen LogP contribution in [0.15, 0.2) is 30.3 Å². The number of aliphatic hydroxyl groups excluding tert-OH is 1. The number of rotatable bonds is 10. The van der Waals surface area contributed by atoms with Crippen molar-refractivity contribution in [1.29, 1.82) is 0 Å². The molecule has 0 aliphatic carbocycles. The molecule has 33 heavy (non-hydrogen) atoms. The Labute approximate surface area is 195 Å². The Hall–Kier alpha value is -2.45. The molecular formula is C25H35N3O5. The first-order valence-corrected chi connectivity index (χ1v) is 12.2. The average Bonchev–Trinajstić information content (AvgIpc) is 3.42. The first-order chi connectivity index (χ1) is 15.9. The smallest absolute Gasteiger partial charge is 0.246 e. The highest BCUT2D eigenvalue weighted by Gasteiger charge is 2.74. The maximum absolute atomic E-state index is 13.7. The molecule has 3 N–H and O–H groups in total. The highest BCUT2D eigenvalue weighted by Crippen LogP contribution is 2.58. The number of fused-ring (bicyclic) bond motifs is 1. The fourth-order valence-corrected chi connectivity index (χ4v) is 5.96. The van der Waals surface area contributed by atoms with Crippen LogP contribution >= 0.6 is 0 Å². The summed E-state index contributed by atoms with van der Waals surface area (Å²) in [6.07, 6.45) is 3.78. The van der Waals surface area contributed by atoms with Crippen molar-refractivity contribution in [3.63, 3.8) is 0 Å². The second kappa shape index (κ2) is 9.81. The number of amides is 3. The molecule has 3 saturated heterocycles. The summed E-state index contributed by atoms with van der Waals surface area (Å²) in [5, 5.41) is 15.2. The van der Waals surface area contributed by atoms with Crippen molar-refractivity contribution in [1.82, 2.24) is 10.2 Å². The minimum Gasteiger partial charge on any atom is -0.396 e.